The minimum Gasteiger partial charge on any atom is -0.480 e. The Morgan fingerprint density at radius 3 is 2.57 bits per heavy atom. The SMILES string of the molecule is CSCC[C@@H](NC(=O)NC(C)c1ccccc1Cl)C(=O)O. The quantitative estimate of drug-likeness (QED) is 0.718. The Kier molecular flexibility index (Phi) is 7.39. The minimum absolute atomic E-state index is 0.311. The molecule has 2 atom stereocenters. The van der Waals surface area contributed by atoms with Crippen LogP contribution >= 0.6 is 23.4 Å². The summed E-state index contributed by atoms with van der Waals surface area (Å²) >= 11 is 7.59. The van der Waals surface area contributed by atoms with Crippen molar-refractivity contribution in [3.05, 3.63) is 34.9 Å². The highest BCUT2D eigenvalue weighted by Crippen LogP contribution is 2.21. The molecule has 0 aliphatic rings. The molecule has 0 fully saturated rings. The summed E-state index contributed by atoms with van der Waals surface area (Å²) in [5.74, 6) is -0.373. The first kappa shape index (κ1) is 17.7. The predicted molar refractivity (Wildman–Crippen MR) is 86.0 cm³/mol. The van der Waals surface area contributed by atoms with E-state index in [1.165, 1.54) is 11.8 Å². The Morgan fingerprint density at radius 1 is 1.33 bits per heavy atom. The van der Waals surface area contributed by atoms with Gasteiger partial charge in [0.05, 0.1) is 6.04 Å². The Morgan fingerprint density at radius 2 is 2.00 bits per heavy atom. The molecule has 0 aliphatic heterocycles. The zero-order chi connectivity index (χ0) is 15.8. The van der Waals surface area contributed by atoms with Crippen LogP contribution in [0.2, 0.25) is 5.02 Å². The fourth-order valence-corrected chi connectivity index (χ4v) is 2.56. The van der Waals surface area contributed by atoms with Crippen LogP contribution in [0.5, 0.6) is 0 Å². The molecule has 0 bridgehead atoms. The van der Waals surface area contributed by atoms with Crippen LogP contribution in [0.25, 0.3) is 0 Å². The molecule has 0 radical (unpaired) electrons. The van der Waals surface area contributed by atoms with Crippen molar-refractivity contribution in [1.82, 2.24) is 10.6 Å². The average Bonchev–Trinajstić information content (AvgIpc) is 2.43. The number of rotatable bonds is 7. The molecule has 0 aromatic heterocycles. The topological polar surface area (TPSA) is 78.4 Å². The number of carboxylic acids is 1. The van der Waals surface area contributed by atoms with Crippen LogP contribution in [0.4, 0.5) is 4.79 Å². The Bertz CT molecular complexity index is 499. The van der Waals surface area contributed by atoms with Crippen molar-refractivity contribution in [3.63, 3.8) is 0 Å². The van der Waals surface area contributed by atoms with Crippen molar-refractivity contribution in [2.45, 2.75) is 25.4 Å². The van der Waals surface area contributed by atoms with E-state index < -0.39 is 18.0 Å². The summed E-state index contributed by atoms with van der Waals surface area (Å²) in [5.41, 5.74) is 0.783. The number of thioether (sulfide) groups is 1. The molecule has 1 aromatic carbocycles. The average molecular weight is 331 g/mol. The smallest absolute Gasteiger partial charge is 0.326 e. The number of carboxylic acid groups (broad SMARTS) is 1. The van der Waals surface area contributed by atoms with Gasteiger partial charge in [-0.25, -0.2) is 9.59 Å². The van der Waals surface area contributed by atoms with Crippen molar-refractivity contribution in [3.8, 4) is 0 Å². The van der Waals surface area contributed by atoms with E-state index in [0.29, 0.717) is 17.2 Å². The highest BCUT2D eigenvalue weighted by molar-refractivity contribution is 7.98. The van der Waals surface area contributed by atoms with E-state index in [1.807, 2.05) is 24.5 Å². The van der Waals surface area contributed by atoms with Gasteiger partial charge in [0.15, 0.2) is 0 Å². The number of aliphatic carboxylic acids is 1. The van der Waals surface area contributed by atoms with Gasteiger partial charge in [0.25, 0.3) is 0 Å². The zero-order valence-corrected chi connectivity index (χ0v) is 13.5. The molecule has 0 heterocycles. The lowest BCUT2D eigenvalue weighted by molar-refractivity contribution is -0.139. The second-order valence-corrected chi connectivity index (χ2v) is 5.93. The second-order valence-electron chi connectivity index (χ2n) is 4.53. The van der Waals surface area contributed by atoms with Crippen LogP contribution in [0.3, 0.4) is 0 Å². The Labute approximate surface area is 133 Å². The molecule has 2 amide bonds. The first-order valence-electron chi connectivity index (χ1n) is 6.49. The standard InChI is InChI=1S/C14H19ClN2O3S/c1-9(10-5-3-4-6-11(10)15)16-14(20)17-12(13(18)19)7-8-21-2/h3-6,9,12H,7-8H2,1-2H3,(H,18,19)(H2,16,17,20)/t9?,12-/m1/s1. The molecule has 0 spiro atoms. The molecule has 0 saturated heterocycles. The molecule has 1 aromatic rings. The number of halogens is 1. The fraction of sp³-hybridized carbons (Fsp3) is 0.429. The normalized spacial score (nSPS) is 13.3. The molecule has 1 rings (SSSR count). The molecule has 3 N–H and O–H groups in total. The third-order valence-corrected chi connectivity index (χ3v) is 3.92. The van der Waals surface area contributed by atoms with Crippen molar-refractivity contribution < 1.29 is 14.7 Å². The summed E-state index contributed by atoms with van der Waals surface area (Å²) in [6.07, 6.45) is 2.27. The van der Waals surface area contributed by atoms with Crippen LogP contribution in [0, 0.1) is 0 Å². The maximum absolute atomic E-state index is 11.9. The molecular formula is C14H19ClN2O3S. The van der Waals surface area contributed by atoms with Gasteiger partial charge in [0.1, 0.15) is 6.04 Å². The van der Waals surface area contributed by atoms with Crippen LogP contribution in [-0.2, 0) is 4.79 Å². The maximum atomic E-state index is 11.9. The third kappa shape index (κ3) is 5.85. The monoisotopic (exact) mass is 330 g/mol. The number of benzene rings is 1. The minimum atomic E-state index is -1.04. The van der Waals surface area contributed by atoms with E-state index in [-0.39, 0.29) is 6.04 Å². The van der Waals surface area contributed by atoms with Gasteiger partial charge in [-0.05, 0) is 37.0 Å². The summed E-state index contributed by atoms with van der Waals surface area (Å²) in [7, 11) is 0. The van der Waals surface area contributed by atoms with E-state index in [9.17, 15) is 9.59 Å². The number of hydrogen-bond acceptors (Lipinski definition) is 3. The molecule has 0 aliphatic carbocycles. The zero-order valence-electron chi connectivity index (χ0n) is 11.9. The van der Waals surface area contributed by atoms with Crippen molar-refractivity contribution >= 4 is 35.4 Å². The van der Waals surface area contributed by atoms with Crippen LogP contribution in [0.1, 0.15) is 24.9 Å². The summed E-state index contributed by atoms with van der Waals surface area (Å²) in [5, 5.41) is 14.8. The van der Waals surface area contributed by atoms with Gasteiger partial charge in [-0.1, -0.05) is 29.8 Å². The van der Waals surface area contributed by atoms with E-state index in [4.69, 9.17) is 16.7 Å². The number of carbonyl (C=O) groups excluding carboxylic acids is 1. The summed E-state index contributed by atoms with van der Waals surface area (Å²) in [6, 6.07) is 5.47. The van der Waals surface area contributed by atoms with E-state index in [1.54, 1.807) is 13.0 Å². The van der Waals surface area contributed by atoms with Crippen LogP contribution < -0.4 is 10.6 Å². The first-order valence-corrected chi connectivity index (χ1v) is 8.26. The van der Waals surface area contributed by atoms with Gasteiger partial charge < -0.3 is 15.7 Å². The summed E-state index contributed by atoms with van der Waals surface area (Å²) in [4.78, 5) is 23.0. The third-order valence-electron chi connectivity index (χ3n) is 2.93. The number of urea groups is 1. The van der Waals surface area contributed by atoms with Crippen LogP contribution in [-0.4, -0.2) is 35.2 Å². The maximum Gasteiger partial charge on any atom is 0.326 e. The molecule has 5 nitrogen and oxygen atoms in total. The fourth-order valence-electron chi connectivity index (χ4n) is 1.79. The molecule has 0 saturated carbocycles. The molecule has 1 unspecified atom stereocenters. The van der Waals surface area contributed by atoms with Gasteiger partial charge in [0.2, 0.25) is 0 Å². The van der Waals surface area contributed by atoms with Gasteiger partial charge in [-0.2, -0.15) is 11.8 Å². The number of nitrogens with one attached hydrogen (secondary N) is 2. The van der Waals surface area contributed by atoms with Crippen molar-refractivity contribution in [2.24, 2.45) is 0 Å². The second kappa shape index (κ2) is 8.79. The first-order chi connectivity index (χ1) is 9.95. The number of carbonyl (C=O) groups is 2. The van der Waals surface area contributed by atoms with E-state index >= 15 is 0 Å². The molecular weight excluding hydrogens is 312 g/mol. The van der Waals surface area contributed by atoms with Gasteiger partial charge in [-0.3, -0.25) is 0 Å². The predicted octanol–water partition coefficient (Wildman–Crippen LogP) is 2.91. The lowest BCUT2D eigenvalue weighted by atomic mass is 10.1. The number of hydrogen-bond donors (Lipinski definition) is 3. The highest BCUT2D eigenvalue weighted by atomic mass is 35.5. The molecule has 7 heteroatoms. The van der Waals surface area contributed by atoms with Crippen molar-refractivity contribution in [1.29, 1.82) is 0 Å². The Balaban J connectivity index is 2.59. The largest absolute Gasteiger partial charge is 0.480 e. The highest BCUT2D eigenvalue weighted by Gasteiger charge is 2.20. The van der Waals surface area contributed by atoms with Gasteiger partial charge in [0, 0.05) is 5.02 Å². The van der Waals surface area contributed by atoms with E-state index in [2.05, 4.69) is 10.6 Å². The van der Waals surface area contributed by atoms with E-state index in [0.717, 1.165) is 5.56 Å². The summed E-state index contributed by atoms with van der Waals surface area (Å²) in [6.45, 7) is 1.79. The lowest BCUT2D eigenvalue weighted by Crippen LogP contribution is -2.46. The molecule has 116 valence electrons. The number of amides is 2. The van der Waals surface area contributed by atoms with Gasteiger partial charge in [-0.15, -0.1) is 0 Å². The van der Waals surface area contributed by atoms with Crippen LogP contribution in [0.15, 0.2) is 24.3 Å². The summed E-state index contributed by atoms with van der Waals surface area (Å²) < 4.78 is 0. The Hall–Kier alpha value is -1.40. The van der Waals surface area contributed by atoms with Crippen molar-refractivity contribution in [2.75, 3.05) is 12.0 Å². The molecule has 21 heavy (non-hydrogen) atoms. The van der Waals surface area contributed by atoms with Gasteiger partial charge >= 0.3 is 12.0 Å². The lowest BCUT2D eigenvalue weighted by Gasteiger charge is -2.19.